The van der Waals surface area contributed by atoms with Crippen LogP contribution in [0.15, 0.2) is 6.33 Å². The third-order valence-corrected chi connectivity index (χ3v) is 1.87. The van der Waals surface area contributed by atoms with E-state index in [1.54, 1.807) is 4.57 Å². The van der Waals surface area contributed by atoms with E-state index in [0.29, 0.717) is 18.9 Å². The van der Waals surface area contributed by atoms with Crippen LogP contribution in [0.3, 0.4) is 0 Å². The maximum absolute atomic E-state index is 10.9. The highest BCUT2D eigenvalue weighted by Gasteiger charge is 2.24. The maximum atomic E-state index is 10.9. The second-order valence-corrected chi connectivity index (χ2v) is 2.62. The Kier molecular flexibility index (Phi) is 1.49. The number of imidazole rings is 1. The smallest absolute Gasteiger partial charge is 0.240 e. The van der Waals surface area contributed by atoms with E-state index in [-0.39, 0.29) is 11.9 Å². The highest BCUT2D eigenvalue weighted by Crippen LogP contribution is 2.23. The Morgan fingerprint density at radius 2 is 2.75 bits per heavy atom. The number of primary amides is 1. The Morgan fingerprint density at radius 1 is 1.92 bits per heavy atom. The summed E-state index contributed by atoms with van der Waals surface area (Å²) in [5.74, 6) is 0.135. The first-order chi connectivity index (χ1) is 5.79. The number of rotatable bonds is 1. The fourth-order valence-electron chi connectivity index (χ4n) is 1.27. The Morgan fingerprint density at radius 3 is 3.50 bits per heavy atom. The summed E-state index contributed by atoms with van der Waals surface area (Å²) in [4.78, 5) is 14.7. The molecule has 1 atom stereocenters. The Bertz CT molecular complexity index is 307. The van der Waals surface area contributed by atoms with Gasteiger partial charge in [-0.25, -0.2) is 4.98 Å². The third kappa shape index (κ3) is 0.939. The summed E-state index contributed by atoms with van der Waals surface area (Å²) in [6.07, 6.45) is 4.73. The summed E-state index contributed by atoms with van der Waals surface area (Å²) in [5.41, 5.74) is 5.18. The van der Waals surface area contributed by atoms with Crippen molar-refractivity contribution < 1.29 is 9.53 Å². The largest absolute Gasteiger partial charge is 0.477 e. The number of fused-ring (bicyclic) bond motifs is 1. The minimum Gasteiger partial charge on any atom is -0.477 e. The molecule has 1 unspecified atom stereocenters. The fraction of sp³-hybridized carbons (Fsp3) is 0.429. The number of hydrogen-bond acceptors (Lipinski definition) is 3. The van der Waals surface area contributed by atoms with Crippen molar-refractivity contribution in [3.8, 4) is 5.88 Å². The van der Waals surface area contributed by atoms with E-state index < -0.39 is 0 Å². The molecule has 0 spiro atoms. The molecule has 1 radical (unpaired) electrons. The number of ether oxygens (including phenoxy) is 1. The van der Waals surface area contributed by atoms with Gasteiger partial charge in [-0.15, -0.1) is 0 Å². The molecule has 5 nitrogen and oxygen atoms in total. The molecule has 2 heterocycles. The molecular formula is C7H8N3O2. The van der Waals surface area contributed by atoms with Crippen molar-refractivity contribution in [2.45, 2.75) is 12.5 Å². The first-order valence-corrected chi connectivity index (χ1v) is 3.65. The SMILES string of the molecule is NC(=O)C1CCOc2[c]ncn21. The maximum Gasteiger partial charge on any atom is 0.240 e. The predicted octanol–water partition coefficient (Wildman–Crippen LogP) is -0.508. The summed E-state index contributed by atoms with van der Waals surface area (Å²) in [5, 5.41) is 0. The fourth-order valence-corrected chi connectivity index (χ4v) is 1.27. The molecule has 0 saturated carbocycles. The van der Waals surface area contributed by atoms with Crippen molar-refractivity contribution in [2.75, 3.05) is 6.61 Å². The molecule has 0 saturated heterocycles. The molecule has 0 aliphatic carbocycles. The quantitative estimate of drug-likeness (QED) is 0.611. The molecule has 12 heavy (non-hydrogen) atoms. The van der Waals surface area contributed by atoms with Gasteiger partial charge < -0.3 is 10.5 Å². The Hall–Kier alpha value is -1.52. The van der Waals surface area contributed by atoms with Crippen molar-refractivity contribution >= 4 is 5.91 Å². The average Bonchev–Trinajstić information content (AvgIpc) is 2.49. The second-order valence-electron chi connectivity index (χ2n) is 2.62. The van der Waals surface area contributed by atoms with Gasteiger partial charge in [0.15, 0.2) is 6.20 Å². The van der Waals surface area contributed by atoms with E-state index in [4.69, 9.17) is 10.5 Å². The molecule has 0 aromatic carbocycles. The first kappa shape index (κ1) is 7.15. The second kappa shape index (κ2) is 2.51. The Labute approximate surface area is 69.1 Å². The van der Waals surface area contributed by atoms with Crippen LogP contribution >= 0.6 is 0 Å². The number of amides is 1. The zero-order valence-electron chi connectivity index (χ0n) is 6.36. The van der Waals surface area contributed by atoms with Crippen molar-refractivity contribution in [2.24, 2.45) is 5.73 Å². The molecule has 1 aliphatic heterocycles. The highest BCUT2D eigenvalue weighted by molar-refractivity contribution is 5.78. The zero-order valence-corrected chi connectivity index (χ0v) is 6.36. The van der Waals surface area contributed by atoms with E-state index in [1.807, 2.05) is 0 Å². The van der Waals surface area contributed by atoms with Crippen molar-refractivity contribution in [3.63, 3.8) is 0 Å². The van der Waals surface area contributed by atoms with Gasteiger partial charge in [-0.2, -0.15) is 0 Å². The number of aromatic nitrogens is 2. The molecule has 63 valence electrons. The van der Waals surface area contributed by atoms with Crippen LogP contribution in [0.2, 0.25) is 0 Å². The lowest BCUT2D eigenvalue weighted by atomic mass is 10.2. The average molecular weight is 166 g/mol. The van der Waals surface area contributed by atoms with Crippen molar-refractivity contribution in [3.05, 3.63) is 12.5 Å². The van der Waals surface area contributed by atoms with Gasteiger partial charge in [0, 0.05) is 6.42 Å². The molecule has 1 aromatic heterocycles. The summed E-state index contributed by atoms with van der Waals surface area (Å²) >= 11 is 0. The lowest BCUT2D eigenvalue weighted by Crippen LogP contribution is -2.31. The predicted molar refractivity (Wildman–Crippen MR) is 39.4 cm³/mol. The van der Waals surface area contributed by atoms with Gasteiger partial charge in [0.2, 0.25) is 11.8 Å². The minimum atomic E-state index is -0.356. The van der Waals surface area contributed by atoms with E-state index in [1.165, 1.54) is 6.33 Å². The van der Waals surface area contributed by atoms with Gasteiger partial charge >= 0.3 is 0 Å². The van der Waals surface area contributed by atoms with Gasteiger partial charge in [-0.1, -0.05) is 0 Å². The lowest BCUT2D eigenvalue weighted by Gasteiger charge is -2.22. The molecule has 1 aromatic rings. The van der Waals surface area contributed by atoms with Crippen LogP contribution in [0.4, 0.5) is 0 Å². The van der Waals surface area contributed by atoms with Gasteiger partial charge in [-0.3, -0.25) is 9.36 Å². The number of carbonyl (C=O) groups excluding carboxylic acids is 1. The molecule has 1 aliphatic rings. The van der Waals surface area contributed by atoms with Crippen molar-refractivity contribution in [1.29, 1.82) is 0 Å². The summed E-state index contributed by atoms with van der Waals surface area (Å²) in [6.45, 7) is 0.496. The van der Waals surface area contributed by atoms with Gasteiger partial charge in [0.05, 0.1) is 12.9 Å². The van der Waals surface area contributed by atoms with Gasteiger partial charge in [0.1, 0.15) is 6.04 Å². The number of nitrogens with two attached hydrogens (primary N) is 1. The van der Waals surface area contributed by atoms with Crippen LogP contribution in [0, 0.1) is 6.20 Å². The third-order valence-electron chi connectivity index (χ3n) is 1.87. The number of nitrogens with zero attached hydrogens (tertiary/aromatic N) is 2. The molecular weight excluding hydrogens is 158 g/mol. The van der Waals surface area contributed by atoms with E-state index in [0.717, 1.165) is 0 Å². The normalized spacial score (nSPS) is 21.2. The zero-order chi connectivity index (χ0) is 8.55. The molecule has 2 N–H and O–H groups in total. The van der Waals surface area contributed by atoms with Crippen LogP contribution in [0.5, 0.6) is 5.88 Å². The molecule has 0 fully saturated rings. The topological polar surface area (TPSA) is 70.1 Å². The number of hydrogen-bond donors (Lipinski definition) is 1. The molecule has 1 amide bonds. The molecule has 5 heteroatoms. The standard InChI is InChI=1S/C7H8N3O2/c8-7(11)5-1-2-12-6-3-9-4-10(5)6/h4-5H,1-2H2,(H2,8,11). The van der Waals surface area contributed by atoms with Crippen LogP contribution in [-0.4, -0.2) is 22.1 Å². The van der Waals surface area contributed by atoms with E-state index in [2.05, 4.69) is 11.2 Å². The summed E-state index contributed by atoms with van der Waals surface area (Å²) in [6, 6.07) is -0.326. The Balaban J connectivity index is 2.37. The lowest BCUT2D eigenvalue weighted by molar-refractivity contribution is -0.122. The van der Waals surface area contributed by atoms with Crippen LogP contribution in [0.25, 0.3) is 0 Å². The number of carbonyl (C=O) groups is 1. The monoisotopic (exact) mass is 166 g/mol. The molecule has 0 bridgehead atoms. The van der Waals surface area contributed by atoms with Crippen LogP contribution in [-0.2, 0) is 4.79 Å². The summed E-state index contributed by atoms with van der Waals surface area (Å²) in [7, 11) is 0. The van der Waals surface area contributed by atoms with Crippen LogP contribution < -0.4 is 10.5 Å². The summed E-state index contributed by atoms with van der Waals surface area (Å²) < 4.78 is 6.78. The highest BCUT2D eigenvalue weighted by atomic mass is 16.5. The first-order valence-electron chi connectivity index (χ1n) is 3.65. The van der Waals surface area contributed by atoms with Crippen LogP contribution in [0.1, 0.15) is 12.5 Å². The van der Waals surface area contributed by atoms with Gasteiger partial charge in [-0.05, 0) is 0 Å². The molecule has 2 rings (SSSR count). The van der Waals surface area contributed by atoms with E-state index >= 15 is 0 Å². The van der Waals surface area contributed by atoms with Crippen molar-refractivity contribution in [1.82, 2.24) is 9.55 Å². The minimum absolute atomic E-state index is 0.326. The van der Waals surface area contributed by atoms with Gasteiger partial charge in [0.25, 0.3) is 0 Å². The van der Waals surface area contributed by atoms with E-state index in [9.17, 15) is 4.79 Å².